The number of para-hydroxylation sites is 1. The number of ether oxygens (including phenoxy) is 1. The summed E-state index contributed by atoms with van der Waals surface area (Å²) in [5, 5.41) is 6.93. The van der Waals surface area contributed by atoms with Crippen molar-refractivity contribution in [2.45, 2.75) is 32.4 Å². The molecule has 6 nitrogen and oxygen atoms in total. The number of fused-ring (bicyclic) bond motifs is 3. The number of aromatic nitrogens is 1. The van der Waals surface area contributed by atoms with Crippen molar-refractivity contribution in [2.75, 3.05) is 0 Å². The summed E-state index contributed by atoms with van der Waals surface area (Å²) < 4.78 is 16.4. The summed E-state index contributed by atoms with van der Waals surface area (Å²) in [7, 11) is 0. The van der Waals surface area contributed by atoms with Crippen LogP contribution in [-0.2, 0) is 13.0 Å². The van der Waals surface area contributed by atoms with Crippen molar-refractivity contribution in [1.29, 1.82) is 0 Å². The molecule has 1 aromatic carbocycles. The van der Waals surface area contributed by atoms with Crippen molar-refractivity contribution in [3.8, 4) is 17.1 Å². The van der Waals surface area contributed by atoms with Gasteiger partial charge in [-0.2, -0.15) is 0 Å². The Bertz CT molecular complexity index is 883. The number of carbonyl (C=O) groups is 1. The molecule has 1 aliphatic rings. The third-order valence-corrected chi connectivity index (χ3v) is 4.29. The van der Waals surface area contributed by atoms with Gasteiger partial charge in [0, 0.05) is 12.5 Å². The van der Waals surface area contributed by atoms with Gasteiger partial charge in [0.15, 0.2) is 11.5 Å². The number of aryl methyl sites for hydroxylation is 1. The van der Waals surface area contributed by atoms with Crippen LogP contribution >= 0.6 is 0 Å². The van der Waals surface area contributed by atoms with Crippen LogP contribution < -0.4 is 10.1 Å². The van der Waals surface area contributed by atoms with Crippen LogP contribution in [0.5, 0.6) is 5.75 Å². The van der Waals surface area contributed by atoms with E-state index in [0.717, 1.165) is 29.9 Å². The maximum Gasteiger partial charge on any atom is 0.274 e. The van der Waals surface area contributed by atoms with Crippen molar-refractivity contribution < 1.29 is 18.5 Å². The summed E-state index contributed by atoms with van der Waals surface area (Å²) in [5.41, 5.74) is 1.80. The Kier molecular flexibility index (Phi) is 4.01. The van der Waals surface area contributed by atoms with Crippen LogP contribution in [0, 0.1) is 0 Å². The average molecular weight is 338 g/mol. The maximum absolute atomic E-state index is 12.5. The van der Waals surface area contributed by atoms with E-state index in [-0.39, 0.29) is 24.2 Å². The normalized spacial score (nSPS) is 13.5. The SMILES string of the molecule is CC(CCc1ccco1)NC(=O)c1noc2c1COc1ccccc1-2. The fourth-order valence-electron chi connectivity index (χ4n) is 2.94. The number of rotatable bonds is 5. The van der Waals surface area contributed by atoms with Crippen LogP contribution in [0.3, 0.4) is 0 Å². The number of nitrogens with one attached hydrogen (secondary N) is 1. The third kappa shape index (κ3) is 3.03. The quantitative estimate of drug-likeness (QED) is 0.769. The highest BCUT2D eigenvalue weighted by Gasteiger charge is 2.29. The number of nitrogens with zero attached hydrogens (tertiary/aromatic N) is 1. The zero-order chi connectivity index (χ0) is 17.2. The minimum Gasteiger partial charge on any atom is -0.488 e. The molecule has 0 saturated carbocycles. The third-order valence-electron chi connectivity index (χ3n) is 4.29. The molecule has 128 valence electrons. The minimum absolute atomic E-state index is 0.0123. The van der Waals surface area contributed by atoms with Gasteiger partial charge >= 0.3 is 0 Å². The van der Waals surface area contributed by atoms with Crippen molar-refractivity contribution >= 4 is 5.91 Å². The number of hydrogen-bond donors (Lipinski definition) is 1. The van der Waals surface area contributed by atoms with Gasteiger partial charge in [0.05, 0.1) is 17.4 Å². The van der Waals surface area contributed by atoms with Gasteiger partial charge in [-0.1, -0.05) is 17.3 Å². The number of carbonyl (C=O) groups excluding carboxylic acids is 1. The molecule has 0 fully saturated rings. The molecular weight excluding hydrogens is 320 g/mol. The van der Waals surface area contributed by atoms with Gasteiger partial charge in [0.1, 0.15) is 18.1 Å². The first-order chi connectivity index (χ1) is 12.2. The number of amides is 1. The average Bonchev–Trinajstić information content (AvgIpc) is 3.29. The van der Waals surface area contributed by atoms with Gasteiger partial charge in [0.2, 0.25) is 0 Å². The van der Waals surface area contributed by atoms with E-state index in [1.165, 1.54) is 0 Å². The number of hydrogen-bond acceptors (Lipinski definition) is 5. The highest BCUT2D eigenvalue weighted by molar-refractivity contribution is 5.95. The van der Waals surface area contributed by atoms with Crippen molar-refractivity contribution in [2.24, 2.45) is 0 Å². The molecule has 6 heteroatoms. The molecule has 3 aromatic rings. The Labute approximate surface area is 144 Å². The Hall–Kier alpha value is -3.02. The minimum atomic E-state index is -0.250. The van der Waals surface area contributed by atoms with Crippen LogP contribution in [0.25, 0.3) is 11.3 Å². The summed E-state index contributed by atoms with van der Waals surface area (Å²) >= 11 is 0. The van der Waals surface area contributed by atoms with E-state index in [1.807, 2.05) is 43.3 Å². The predicted molar refractivity (Wildman–Crippen MR) is 90.2 cm³/mol. The van der Waals surface area contributed by atoms with Gasteiger partial charge < -0.3 is 19.0 Å². The summed E-state index contributed by atoms with van der Waals surface area (Å²) in [6.45, 7) is 2.23. The molecule has 1 amide bonds. The molecule has 0 aliphatic carbocycles. The molecule has 3 heterocycles. The molecule has 1 N–H and O–H groups in total. The number of benzene rings is 1. The van der Waals surface area contributed by atoms with Crippen molar-refractivity contribution in [1.82, 2.24) is 10.5 Å². The Balaban J connectivity index is 1.46. The van der Waals surface area contributed by atoms with Crippen LogP contribution in [0.15, 0.2) is 51.6 Å². The van der Waals surface area contributed by atoms with Crippen LogP contribution in [0.4, 0.5) is 0 Å². The topological polar surface area (TPSA) is 77.5 Å². The smallest absolute Gasteiger partial charge is 0.274 e. The summed E-state index contributed by atoms with van der Waals surface area (Å²) in [6, 6.07) is 11.3. The number of furan rings is 1. The van der Waals surface area contributed by atoms with E-state index in [9.17, 15) is 4.79 Å². The lowest BCUT2D eigenvalue weighted by molar-refractivity contribution is 0.0927. The van der Waals surface area contributed by atoms with E-state index in [2.05, 4.69) is 10.5 Å². The molecule has 4 rings (SSSR count). The lowest BCUT2D eigenvalue weighted by atomic mass is 10.0. The molecule has 0 bridgehead atoms. The fourth-order valence-corrected chi connectivity index (χ4v) is 2.94. The van der Waals surface area contributed by atoms with Gasteiger partial charge in [-0.05, 0) is 37.6 Å². The fraction of sp³-hybridized carbons (Fsp3) is 0.263. The Morgan fingerprint density at radius 1 is 1.28 bits per heavy atom. The van der Waals surface area contributed by atoms with E-state index in [4.69, 9.17) is 13.7 Å². The molecule has 1 unspecified atom stereocenters. The van der Waals surface area contributed by atoms with Gasteiger partial charge in [-0.3, -0.25) is 4.79 Å². The zero-order valence-electron chi connectivity index (χ0n) is 13.8. The van der Waals surface area contributed by atoms with E-state index in [0.29, 0.717) is 11.3 Å². The Morgan fingerprint density at radius 3 is 3.00 bits per heavy atom. The summed E-state index contributed by atoms with van der Waals surface area (Å²) in [5.74, 6) is 2.00. The monoisotopic (exact) mass is 338 g/mol. The summed E-state index contributed by atoms with van der Waals surface area (Å²) in [6.07, 6.45) is 3.19. The standard InChI is InChI=1S/C19H18N2O4/c1-12(8-9-13-5-4-10-23-13)20-19(22)17-15-11-24-16-7-3-2-6-14(16)18(15)25-21-17/h2-7,10,12H,8-9,11H2,1H3,(H,20,22). The first-order valence-electron chi connectivity index (χ1n) is 8.26. The van der Waals surface area contributed by atoms with Crippen LogP contribution in [-0.4, -0.2) is 17.1 Å². The van der Waals surface area contributed by atoms with Gasteiger partial charge in [-0.15, -0.1) is 0 Å². The molecule has 0 spiro atoms. The molecule has 1 aliphatic heterocycles. The van der Waals surface area contributed by atoms with E-state index < -0.39 is 0 Å². The van der Waals surface area contributed by atoms with E-state index in [1.54, 1.807) is 6.26 Å². The predicted octanol–water partition coefficient (Wildman–Crippen LogP) is 3.58. The Morgan fingerprint density at radius 2 is 2.16 bits per heavy atom. The van der Waals surface area contributed by atoms with Crippen LogP contribution in [0.2, 0.25) is 0 Å². The lowest BCUT2D eigenvalue weighted by Gasteiger charge is -2.16. The highest BCUT2D eigenvalue weighted by atomic mass is 16.5. The van der Waals surface area contributed by atoms with Gasteiger partial charge in [-0.25, -0.2) is 0 Å². The molecule has 1 atom stereocenters. The highest BCUT2D eigenvalue weighted by Crippen LogP contribution is 2.38. The van der Waals surface area contributed by atoms with Crippen molar-refractivity contribution in [3.05, 3.63) is 59.7 Å². The maximum atomic E-state index is 12.5. The largest absolute Gasteiger partial charge is 0.488 e. The second kappa shape index (κ2) is 6.47. The molecule has 0 saturated heterocycles. The first-order valence-corrected chi connectivity index (χ1v) is 8.26. The first kappa shape index (κ1) is 15.5. The molecular formula is C19H18N2O4. The lowest BCUT2D eigenvalue weighted by Crippen LogP contribution is -2.33. The van der Waals surface area contributed by atoms with Crippen LogP contribution in [0.1, 0.15) is 35.2 Å². The second-order valence-electron chi connectivity index (χ2n) is 6.12. The zero-order valence-corrected chi connectivity index (χ0v) is 13.8. The van der Waals surface area contributed by atoms with E-state index >= 15 is 0 Å². The van der Waals surface area contributed by atoms with Gasteiger partial charge in [0.25, 0.3) is 5.91 Å². The van der Waals surface area contributed by atoms with Crippen molar-refractivity contribution in [3.63, 3.8) is 0 Å². The molecule has 25 heavy (non-hydrogen) atoms. The summed E-state index contributed by atoms with van der Waals surface area (Å²) in [4.78, 5) is 12.5. The molecule has 2 aromatic heterocycles. The second-order valence-corrected chi connectivity index (χ2v) is 6.12. The molecule has 0 radical (unpaired) electrons.